The third-order valence-electron chi connectivity index (χ3n) is 0.928. The largest absolute Gasteiger partial charge is 0.481 e. The highest BCUT2D eigenvalue weighted by molar-refractivity contribution is 5.66. The summed E-state index contributed by atoms with van der Waals surface area (Å²) in [4.78, 5) is 28.2. The maximum absolute atomic E-state index is 9.60. The van der Waals surface area contributed by atoms with Crippen LogP contribution in [0.15, 0.2) is 0 Å². The standard InChI is InChI=1S/2C4H8O2.C2H4O2/c2*1-2-3-4(5)6;1-2(3)4/h2*2-3H2,1H3,(H,5,6);1H3,(H,3,4). The molecule has 6 nitrogen and oxygen atoms in total. The van der Waals surface area contributed by atoms with Gasteiger partial charge in [-0.2, -0.15) is 0 Å². The molecule has 0 aromatic heterocycles. The van der Waals surface area contributed by atoms with Crippen molar-refractivity contribution in [1.29, 1.82) is 0 Å². The fourth-order valence-corrected chi connectivity index (χ4v) is 0.428. The van der Waals surface area contributed by atoms with Crippen molar-refractivity contribution >= 4 is 17.9 Å². The molecule has 6 heteroatoms. The minimum absolute atomic E-state index is 0.292. The average Bonchev–Trinajstić information content (AvgIpc) is 2.02. The Morgan fingerprint density at radius 3 is 1.00 bits per heavy atom. The molecule has 0 rings (SSSR count). The highest BCUT2D eigenvalue weighted by Crippen LogP contribution is 1.82. The van der Waals surface area contributed by atoms with Crippen LogP contribution >= 0.6 is 0 Å². The molecule has 0 atom stereocenters. The summed E-state index contributed by atoms with van der Waals surface area (Å²) in [5.74, 6) is -2.25. The summed E-state index contributed by atoms with van der Waals surface area (Å²) in [6.07, 6.45) is 2.05. The number of hydrogen-bond acceptors (Lipinski definition) is 3. The third-order valence-corrected chi connectivity index (χ3v) is 0.928. The van der Waals surface area contributed by atoms with Gasteiger partial charge in [0, 0.05) is 19.8 Å². The molecule has 0 heterocycles. The van der Waals surface area contributed by atoms with E-state index in [9.17, 15) is 9.59 Å². The maximum atomic E-state index is 9.60. The molecule has 0 unspecified atom stereocenters. The van der Waals surface area contributed by atoms with E-state index in [0.717, 1.165) is 19.8 Å². The molecule has 3 N–H and O–H groups in total. The van der Waals surface area contributed by atoms with Gasteiger partial charge in [-0.3, -0.25) is 14.4 Å². The molecule has 0 aromatic carbocycles. The number of hydrogen-bond donors (Lipinski definition) is 3. The summed E-state index contributed by atoms with van der Waals surface area (Å²) >= 11 is 0. The Morgan fingerprint density at radius 1 is 0.812 bits per heavy atom. The van der Waals surface area contributed by atoms with E-state index < -0.39 is 17.9 Å². The first kappa shape index (κ1) is 19.9. The quantitative estimate of drug-likeness (QED) is 0.686. The molecule has 0 aromatic rings. The number of carboxylic acids is 3. The monoisotopic (exact) mass is 236 g/mol. The lowest BCUT2D eigenvalue weighted by Gasteiger charge is -1.79. The van der Waals surface area contributed by atoms with Crippen LogP contribution in [0.4, 0.5) is 0 Å². The Hall–Kier alpha value is -1.59. The smallest absolute Gasteiger partial charge is 0.303 e. The van der Waals surface area contributed by atoms with Crippen molar-refractivity contribution in [3.8, 4) is 0 Å². The van der Waals surface area contributed by atoms with Crippen molar-refractivity contribution in [3.63, 3.8) is 0 Å². The van der Waals surface area contributed by atoms with Crippen LogP contribution in [0, 0.1) is 0 Å². The zero-order valence-electron chi connectivity index (χ0n) is 9.89. The number of aliphatic carboxylic acids is 3. The Kier molecular flexibility index (Phi) is 19.7. The van der Waals surface area contributed by atoms with Crippen molar-refractivity contribution in [3.05, 3.63) is 0 Å². The number of rotatable bonds is 4. The van der Waals surface area contributed by atoms with Crippen molar-refractivity contribution in [2.24, 2.45) is 0 Å². The maximum Gasteiger partial charge on any atom is 0.303 e. The fourth-order valence-electron chi connectivity index (χ4n) is 0.428. The van der Waals surface area contributed by atoms with Gasteiger partial charge in [0.25, 0.3) is 5.97 Å². The minimum Gasteiger partial charge on any atom is -0.481 e. The first-order valence-corrected chi connectivity index (χ1v) is 4.90. The second-order valence-electron chi connectivity index (χ2n) is 2.81. The molecule has 0 aliphatic heterocycles. The molecule has 0 aliphatic rings. The van der Waals surface area contributed by atoms with Crippen LogP contribution in [0.3, 0.4) is 0 Å². The van der Waals surface area contributed by atoms with Gasteiger partial charge in [-0.05, 0) is 12.8 Å². The summed E-state index contributed by atoms with van der Waals surface area (Å²) in [5.41, 5.74) is 0. The normalized spacial score (nSPS) is 7.69. The van der Waals surface area contributed by atoms with Gasteiger partial charge in [0.15, 0.2) is 0 Å². The van der Waals surface area contributed by atoms with Gasteiger partial charge in [0.05, 0.1) is 0 Å². The van der Waals surface area contributed by atoms with Crippen LogP contribution in [0.5, 0.6) is 0 Å². The highest BCUT2D eigenvalue weighted by Gasteiger charge is 1.88. The molecule has 0 fully saturated rings. The fraction of sp³-hybridized carbons (Fsp3) is 0.700. The van der Waals surface area contributed by atoms with Crippen molar-refractivity contribution in [2.45, 2.75) is 46.5 Å². The molecule has 0 aliphatic carbocycles. The van der Waals surface area contributed by atoms with E-state index in [2.05, 4.69) is 0 Å². The van der Waals surface area contributed by atoms with Crippen molar-refractivity contribution in [1.82, 2.24) is 0 Å². The Morgan fingerprint density at radius 2 is 1.00 bits per heavy atom. The topological polar surface area (TPSA) is 112 Å². The van der Waals surface area contributed by atoms with Gasteiger partial charge in [-0.1, -0.05) is 13.8 Å². The predicted molar refractivity (Wildman–Crippen MR) is 58.4 cm³/mol. The molecular formula is C10H20O6. The van der Waals surface area contributed by atoms with Crippen LogP contribution in [0.1, 0.15) is 46.5 Å². The highest BCUT2D eigenvalue weighted by atomic mass is 16.4. The van der Waals surface area contributed by atoms with Crippen LogP contribution in [-0.4, -0.2) is 33.2 Å². The van der Waals surface area contributed by atoms with Gasteiger partial charge in [-0.25, -0.2) is 0 Å². The lowest BCUT2D eigenvalue weighted by Crippen LogP contribution is -1.90. The molecular weight excluding hydrogens is 216 g/mol. The minimum atomic E-state index is -0.833. The van der Waals surface area contributed by atoms with Crippen LogP contribution in [0.25, 0.3) is 0 Å². The summed E-state index contributed by atoms with van der Waals surface area (Å²) in [7, 11) is 0. The second-order valence-corrected chi connectivity index (χ2v) is 2.81. The molecule has 0 saturated carbocycles. The van der Waals surface area contributed by atoms with Gasteiger partial charge in [-0.15, -0.1) is 0 Å². The van der Waals surface area contributed by atoms with Gasteiger partial charge >= 0.3 is 11.9 Å². The summed E-state index contributed by atoms with van der Waals surface area (Å²) < 4.78 is 0. The average molecular weight is 236 g/mol. The van der Waals surface area contributed by atoms with Crippen LogP contribution in [0.2, 0.25) is 0 Å². The summed E-state index contributed by atoms with van der Waals surface area (Å²) in [6.45, 7) is 4.77. The molecule has 16 heavy (non-hydrogen) atoms. The van der Waals surface area contributed by atoms with Gasteiger partial charge < -0.3 is 15.3 Å². The Balaban J connectivity index is -0.000000162. The molecule has 0 saturated heterocycles. The zero-order valence-corrected chi connectivity index (χ0v) is 9.89. The second kappa shape index (κ2) is 15.9. The molecule has 0 amide bonds. The number of carbonyl (C=O) groups is 3. The third kappa shape index (κ3) is 83.1. The predicted octanol–water partition coefficient (Wildman–Crippen LogP) is 1.83. The van der Waals surface area contributed by atoms with E-state index in [1.807, 2.05) is 13.8 Å². The summed E-state index contributed by atoms with van der Waals surface area (Å²) in [5, 5.41) is 23.2. The van der Waals surface area contributed by atoms with Crippen LogP contribution in [-0.2, 0) is 14.4 Å². The number of carboxylic acid groups (broad SMARTS) is 3. The van der Waals surface area contributed by atoms with Crippen molar-refractivity contribution in [2.75, 3.05) is 0 Å². The van der Waals surface area contributed by atoms with Gasteiger partial charge in [0.2, 0.25) is 0 Å². The lowest BCUT2D eigenvalue weighted by atomic mass is 10.4. The Bertz CT molecular complexity index is 179. The molecule has 0 bridgehead atoms. The zero-order chi connectivity index (χ0) is 13.6. The van der Waals surface area contributed by atoms with E-state index in [1.165, 1.54) is 0 Å². The first-order chi connectivity index (χ1) is 7.27. The van der Waals surface area contributed by atoms with E-state index in [1.54, 1.807) is 0 Å². The van der Waals surface area contributed by atoms with E-state index >= 15 is 0 Å². The van der Waals surface area contributed by atoms with E-state index in [4.69, 9.17) is 20.1 Å². The van der Waals surface area contributed by atoms with Gasteiger partial charge in [0.1, 0.15) is 0 Å². The summed E-state index contributed by atoms with van der Waals surface area (Å²) in [6, 6.07) is 0. The van der Waals surface area contributed by atoms with E-state index in [-0.39, 0.29) is 0 Å². The molecule has 0 radical (unpaired) electrons. The SMILES string of the molecule is CC(=O)O.CCCC(=O)O.CCCC(=O)O. The molecule has 96 valence electrons. The van der Waals surface area contributed by atoms with Crippen LogP contribution < -0.4 is 0 Å². The molecule has 0 spiro atoms. The first-order valence-electron chi connectivity index (χ1n) is 4.90. The Labute approximate surface area is 94.9 Å². The lowest BCUT2D eigenvalue weighted by molar-refractivity contribution is -0.138. The van der Waals surface area contributed by atoms with Crippen molar-refractivity contribution < 1.29 is 29.7 Å². The van der Waals surface area contributed by atoms with E-state index in [0.29, 0.717) is 12.8 Å².